The molecule has 0 N–H and O–H groups in total. The predicted molar refractivity (Wildman–Crippen MR) is 83.0 cm³/mol. The maximum atomic E-state index is 4.68. The van der Waals surface area contributed by atoms with Gasteiger partial charge in [-0.15, -0.1) is 0 Å². The number of hydrazone groups is 1. The molecule has 0 radical (unpaired) electrons. The monoisotopic (exact) mass is 259 g/mol. The average Bonchev–Trinajstić information content (AvgIpc) is 2.38. The molecule has 1 aliphatic heterocycles. The normalized spacial score (nSPS) is 23.9. The van der Waals surface area contributed by atoms with Gasteiger partial charge in [0.25, 0.3) is 0 Å². The van der Waals surface area contributed by atoms with Crippen molar-refractivity contribution in [2.24, 2.45) is 5.10 Å². The Hall–Kier alpha value is -1.51. The Morgan fingerprint density at radius 2 is 1.68 bits per heavy atom. The molecule has 1 fully saturated rings. The molecule has 0 spiro atoms. The molecule has 1 saturated heterocycles. The van der Waals surface area contributed by atoms with Crippen LogP contribution in [0.25, 0.3) is 0 Å². The second-order valence-electron chi connectivity index (χ2n) is 5.74. The summed E-state index contributed by atoms with van der Waals surface area (Å²) in [6.07, 6.45) is 5.81. The molecule has 19 heavy (non-hydrogen) atoms. The topological polar surface area (TPSA) is 18.8 Å². The third-order valence-electron chi connectivity index (χ3n) is 3.90. The highest BCUT2D eigenvalue weighted by molar-refractivity contribution is 5.80. The first-order valence-electron chi connectivity index (χ1n) is 7.17. The van der Waals surface area contributed by atoms with E-state index in [-0.39, 0.29) is 0 Å². The second-order valence-corrected chi connectivity index (χ2v) is 5.74. The molecule has 0 bridgehead atoms. The number of benzene rings is 1. The number of hydrogen-bond donors (Lipinski definition) is 0. The summed E-state index contributed by atoms with van der Waals surface area (Å²) in [4.78, 5) is 2.11. The molecule has 0 amide bonds. The smallest absolute Gasteiger partial charge is 0.0543 e. The molecule has 1 aromatic rings. The molecule has 1 aromatic carbocycles. The molecular weight excluding hydrogens is 234 g/mol. The van der Waals surface area contributed by atoms with Crippen LogP contribution in [-0.2, 0) is 0 Å². The summed E-state index contributed by atoms with van der Waals surface area (Å²) in [6.45, 7) is 4.53. The molecule has 2 atom stereocenters. The Morgan fingerprint density at radius 3 is 2.21 bits per heavy atom. The Kier molecular flexibility index (Phi) is 4.46. The summed E-state index contributed by atoms with van der Waals surface area (Å²) in [6, 6.07) is 9.62. The maximum Gasteiger partial charge on any atom is 0.0543 e. The summed E-state index contributed by atoms with van der Waals surface area (Å²) in [5.41, 5.74) is 2.38. The van der Waals surface area contributed by atoms with Crippen LogP contribution in [0.3, 0.4) is 0 Å². The fraction of sp³-hybridized carbons (Fsp3) is 0.562. The van der Waals surface area contributed by atoms with Crippen LogP contribution in [-0.4, -0.2) is 37.4 Å². The van der Waals surface area contributed by atoms with Gasteiger partial charge in [0.1, 0.15) is 0 Å². The van der Waals surface area contributed by atoms with E-state index in [1.165, 1.54) is 24.9 Å². The number of piperidine rings is 1. The molecule has 3 nitrogen and oxygen atoms in total. The number of nitrogens with zero attached hydrogens (tertiary/aromatic N) is 3. The zero-order chi connectivity index (χ0) is 13.8. The number of anilines is 1. The quantitative estimate of drug-likeness (QED) is 0.775. The standard InChI is InChI=1S/C16H25N3/c1-13-6-5-7-14(2)19(13)17-12-15-8-10-16(11-9-15)18(3)4/h8-14H,5-7H2,1-4H3/b17-12-/t13-,14-/m0/s1. The van der Waals surface area contributed by atoms with E-state index >= 15 is 0 Å². The zero-order valence-electron chi connectivity index (χ0n) is 12.5. The Bertz CT molecular complexity index is 412. The second kappa shape index (κ2) is 6.09. The lowest BCUT2D eigenvalue weighted by atomic mass is 10.00. The van der Waals surface area contributed by atoms with Crippen molar-refractivity contribution >= 4 is 11.9 Å². The van der Waals surface area contributed by atoms with Crippen LogP contribution in [0.15, 0.2) is 29.4 Å². The molecule has 1 heterocycles. The van der Waals surface area contributed by atoms with Crippen molar-refractivity contribution in [1.29, 1.82) is 0 Å². The van der Waals surface area contributed by atoms with Crippen molar-refractivity contribution in [2.45, 2.75) is 45.2 Å². The summed E-state index contributed by atoms with van der Waals surface area (Å²) in [5.74, 6) is 0. The van der Waals surface area contributed by atoms with Gasteiger partial charge in [0.15, 0.2) is 0 Å². The predicted octanol–water partition coefficient (Wildman–Crippen LogP) is 3.35. The average molecular weight is 259 g/mol. The SMILES string of the molecule is C[C@H]1CCC[C@H](C)N1/N=C\c1ccc(N(C)C)cc1. The maximum absolute atomic E-state index is 4.68. The van der Waals surface area contributed by atoms with Crippen LogP contribution in [0.2, 0.25) is 0 Å². The molecule has 3 heteroatoms. The van der Waals surface area contributed by atoms with Crippen LogP contribution < -0.4 is 4.90 Å². The van der Waals surface area contributed by atoms with E-state index in [0.717, 1.165) is 5.56 Å². The summed E-state index contributed by atoms with van der Waals surface area (Å²) < 4.78 is 0. The molecule has 2 rings (SSSR count). The van der Waals surface area contributed by atoms with Gasteiger partial charge in [0.05, 0.1) is 6.21 Å². The van der Waals surface area contributed by atoms with Gasteiger partial charge in [-0.1, -0.05) is 12.1 Å². The van der Waals surface area contributed by atoms with Crippen LogP contribution in [0, 0.1) is 0 Å². The van der Waals surface area contributed by atoms with Crippen LogP contribution in [0.4, 0.5) is 5.69 Å². The summed E-state index contributed by atoms with van der Waals surface area (Å²) >= 11 is 0. The molecule has 1 aliphatic rings. The van der Waals surface area contributed by atoms with Gasteiger partial charge < -0.3 is 4.90 Å². The summed E-state index contributed by atoms with van der Waals surface area (Å²) in [5, 5.41) is 6.94. The van der Waals surface area contributed by atoms with Crippen molar-refractivity contribution in [1.82, 2.24) is 5.01 Å². The number of hydrogen-bond acceptors (Lipinski definition) is 3. The van der Waals surface area contributed by atoms with Crippen LogP contribution >= 0.6 is 0 Å². The molecule has 104 valence electrons. The largest absolute Gasteiger partial charge is 0.378 e. The Balaban J connectivity index is 2.05. The highest BCUT2D eigenvalue weighted by Gasteiger charge is 2.22. The van der Waals surface area contributed by atoms with E-state index < -0.39 is 0 Å². The number of rotatable bonds is 3. The molecular formula is C16H25N3. The van der Waals surface area contributed by atoms with Gasteiger partial charge in [-0.05, 0) is 50.8 Å². The van der Waals surface area contributed by atoms with Gasteiger partial charge >= 0.3 is 0 Å². The first-order chi connectivity index (χ1) is 9.08. The lowest BCUT2D eigenvalue weighted by molar-refractivity contribution is 0.109. The van der Waals surface area contributed by atoms with Gasteiger partial charge in [0.2, 0.25) is 0 Å². The Labute approximate surface area is 116 Å². The summed E-state index contributed by atoms with van der Waals surface area (Å²) in [7, 11) is 4.11. The molecule has 0 unspecified atom stereocenters. The van der Waals surface area contributed by atoms with Crippen molar-refractivity contribution < 1.29 is 0 Å². The van der Waals surface area contributed by atoms with E-state index in [9.17, 15) is 0 Å². The minimum absolute atomic E-state index is 0.557. The first kappa shape index (κ1) is 13.9. The van der Waals surface area contributed by atoms with Gasteiger partial charge in [0, 0.05) is 31.9 Å². The fourth-order valence-corrected chi connectivity index (χ4v) is 2.63. The lowest BCUT2D eigenvalue weighted by Gasteiger charge is -2.36. The van der Waals surface area contributed by atoms with E-state index in [1.54, 1.807) is 0 Å². The van der Waals surface area contributed by atoms with Crippen molar-refractivity contribution in [3.05, 3.63) is 29.8 Å². The van der Waals surface area contributed by atoms with Crippen molar-refractivity contribution in [3.8, 4) is 0 Å². The van der Waals surface area contributed by atoms with Gasteiger partial charge in [-0.25, -0.2) is 0 Å². The minimum Gasteiger partial charge on any atom is -0.378 e. The fourth-order valence-electron chi connectivity index (χ4n) is 2.63. The van der Waals surface area contributed by atoms with E-state index in [1.807, 2.05) is 6.21 Å². The Morgan fingerprint density at radius 1 is 1.11 bits per heavy atom. The molecule has 0 aromatic heterocycles. The van der Waals surface area contributed by atoms with Crippen LogP contribution in [0.5, 0.6) is 0 Å². The van der Waals surface area contributed by atoms with Gasteiger partial charge in [-0.2, -0.15) is 5.10 Å². The highest BCUT2D eigenvalue weighted by atomic mass is 15.5. The highest BCUT2D eigenvalue weighted by Crippen LogP contribution is 2.22. The third-order valence-corrected chi connectivity index (χ3v) is 3.90. The van der Waals surface area contributed by atoms with E-state index in [4.69, 9.17) is 0 Å². The first-order valence-corrected chi connectivity index (χ1v) is 7.17. The lowest BCUT2D eigenvalue weighted by Crippen LogP contribution is -2.39. The van der Waals surface area contributed by atoms with Crippen molar-refractivity contribution in [3.63, 3.8) is 0 Å². The van der Waals surface area contributed by atoms with Gasteiger partial charge in [-0.3, -0.25) is 5.01 Å². The minimum atomic E-state index is 0.557. The van der Waals surface area contributed by atoms with E-state index in [2.05, 4.69) is 67.2 Å². The zero-order valence-corrected chi connectivity index (χ0v) is 12.5. The third kappa shape index (κ3) is 3.49. The van der Waals surface area contributed by atoms with E-state index in [0.29, 0.717) is 12.1 Å². The molecule has 0 aliphatic carbocycles. The molecule has 0 saturated carbocycles. The van der Waals surface area contributed by atoms with Crippen molar-refractivity contribution in [2.75, 3.05) is 19.0 Å². The van der Waals surface area contributed by atoms with Crippen LogP contribution in [0.1, 0.15) is 38.7 Å².